The Balaban J connectivity index is 1.49. The first-order valence-electron chi connectivity index (χ1n) is 7.50. The Morgan fingerprint density at radius 2 is 2.10 bits per heavy atom. The molecule has 3 aliphatic rings. The largest absolute Gasteiger partial charge is 0.386 e. The van der Waals surface area contributed by atoms with Gasteiger partial charge in [-0.15, -0.1) is 0 Å². The maximum atomic E-state index is 12.4. The van der Waals surface area contributed by atoms with E-state index in [2.05, 4.69) is 11.4 Å². The normalized spacial score (nSPS) is 23.9. The molecule has 1 aliphatic carbocycles. The number of rotatable bonds is 2. The Morgan fingerprint density at radius 1 is 1.30 bits per heavy atom. The molecule has 2 heterocycles. The first kappa shape index (κ1) is 12.4. The second kappa shape index (κ2) is 4.30. The number of aliphatic hydroxyl groups is 1. The predicted octanol–water partition coefficient (Wildman–Crippen LogP) is 0.929. The van der Waals surface area contributed by atoms with Crippen LogP contribution < -0.4 is 5.32 Å². The van der Waals surface area contributed by atoms with Crippen LogP contribution in [0.15, 0.2) is 18.2 Å². The topological polar surface area (TPSA) is 52.6 Å². The van der Waals surface area contributed by atoms with Gasteiger partial charge in [-0.3, -0.25) is 4.79 Å². The summed E-state index contributed by atoms with van der Waals surface area (Å²) in [5.74, 6) is 0.489. The van der Waals surface area contributed by atoms with E-state index < -0.39 is 5.60 Å². The average molecular weight is 272 g/mol. The molecular formula is C16H20N2O2. The van der Waals surface area contributed by atoms with Gasteiger partial charge < -0.3 is 15.3 Å². The molecule has 0 aromatic heterocycles. The van der Waals surface area contributed by atoms with Gasteiger partial charge in [-0.25, -0.2) is 0 Å². The molecule has 1 aromatic rings. The molecule has 0 radical (unpaired) electrons. The van der Waals surface area contributed by atoms with Gasteiger partial charge in [0.15, 0.2) is 0 Å². The zero-order chi connectivity index (χ0) is 13.7. The number of hydrogen-bond donors (Lipinski definition) is 2. The second-order valence-corrected chi connectivity index (χ2v) is 6.45. The summed E-state index contributed by atoms with van der Waals surface area (Å²) in [4.78, 5) is 14.2. The highest BCUT2D eigenvalue weighted by atomic mass is 16.3. The van der Waals surface area contributed by atoms with Gasteiger partial charge in [0.05, 0.1) is 13.1 Å². The Hall–Kier alpha value is -1.39. The van der Waals surface area contributed by atoms with Crippen LogP contribution in [-0.2, 0) is 13.0 Å². The summed E-state index contributed by atoms with van der Waals surface area (Å²) < 4.78 is 0. The minimum Gasteiger partial charge on any atom is -0.386 e. The van der Waals surface area contributed by atoms with Crippen molar-refractivity contribution in [1.82, 2.24) is 10.2 Å². The lowest BCUT2D eigenvalue weighted by molar-refractivity contribution is -0.0958. The molecule has 0 unspecified atom stereocenters. The van der Waals surface area contributed by atoms with Gasteiger partial charge in [-0.2, -0.15) is 0 Å². The lowest BCUT2D eigenvalue weighted by atomic mass is 9.88. The molecule has 2 N–H and O–H groups in total. The zero-order valence-electron chi connectivity index (χ0n) is 11.6. The Bertz CT molecular complexity index is 560. The Morgan fingerprint density at radius 3 is 2.85 bits per heavy atom. The van der Waals surface area contributed by atoms with Crippen molar-refractivity contribution in [3.8, 4) is 0 Å². The van der Waals surface area contributed by atoms with E-state index in [0.29, 0.717) is 19.0 Å². The SMILES string of the molecule is O=C(c1ccc2c(c1)CNCC2)N1CC(O)(C2CC2)C1. The van der Waals surface area contributed by atoms with Crippen molar-refractivity contribution in [2.75, 3.05) is 19.6 Å². The molecular weight excluding hydrogens is 252 g/mol. The summed E-state index contributed by atoms with van der Waals surface area (Å²) in [5.41, 5.74) is 2.74. The fourth-order valence-corrected chi connectivity index (χ4v) is 3.43. The van der Waals surface area contributed by atoms with Crippen molar-refractivity contribution < 1.29 is 9.90 Å². The molecule has 0 spiro atoms. The number of carbonyl (C=O) groups is 1. The smallest absolute Gasteiger partial charge is 0.254 e. The lowest BCUT2D eigenvalue weighted by Crippen LogP contribution is -2.64. The number of amides is 1. The Labute approximate surface area is 118 Å². The molecule has 0 atom stereocenters. The molecule has 20 heavy (non-hydrogen) atoms. The third-order valence-electron chi connectivity index (χ3n) is 4.89. The molecule has 4 rings (SSSR count). The van der Waals surface area contributed by atoms with Gasteiger partial charge in [0, 0.05) is 12.1 Å². The Kier molecular flexibility index (Phi) is 2.66. The van der Waals surface area contributed by atoms with Crippen molar-refractivity contribution in [2.45, 2.75) is 31.4 Å². The number of fused-ring (bicyclic) bond motifs is 1. The monoisotopic (exact) mass is 272 g/mol. The van der Waals surface area contributed by atoms with E-state index in [1.54, 1.807) is 4.90 Å². The zero-order valence-corrected chi connectivity index (χ0v) is 11.6. The third kappa shape index (κ3) is 1.95. The van der Waals surface area contributed by atoms with Gasteiger partial charge >= 0.3 is 0 Å². The quantitative estimate of drug-likeness (QED) is 0.842. The van der Waals surface area contributed by atoms with Gasteiger partial charge in [0.2, 0.25) is 0 Å². The second-order valence-electron chi connectivity index (χ2n) is 6.45. The van der Waals surface area contributed by atoms with Crippen molar-refractivity contribution >= 4 is 5.91 Å². The van der Waals surface area contributed by atoms with Crippen molar-refractivity contribution in [1.29, 1.82) is 0 Å². The van der Waals surface area contributed by atoms with Crippen LogP contribution in [0.3, 0.4) is 0 Å². The molecule has 2 fully saturated rings. The number of β-amino-alcohol motifs (C(OH)–C–C–N with tert-alkyl or cyclic N) is 1. The van der Waals surface area contributed by atoms with Crippen LogP contribution >= 0.6 is 0 Å². The van der Waals surface area contributed by atoms with Crippen molar-refractivity contribution in [2.24, 2.45) is 5.92 Å². The molecule has 106 valence electrons. The average Bonchev–Trinajstić information content (AvgIpc) is 3.27. The minimum atomic E-state index is -0.592. The molecule has 1 aromatic carbocycles. The molecule has 1 saturated carbocycles. The molecule has 1 amide bonds. The van der Waals surface area contributed by atoms with E-state index in [4.69, 9.17) is 0 Å². The van der Waals surface area contributed by atoms with Crippen LogP contribution in [0, 0.1) is 5.92 Å². The first-order chi connectivity index (χ1) is 9.66. The highest BCUT2D eigenvalue weighted by Crippen LogP contribution is 2.44. The number of nitrogens with zero attached hydrogens (tertiary/aromatic N) is 1. The maximum Gasteiger partial charge on any atom is 0.254 e. The standard InChI is InChI=1S/C16H20N2O2/c19-15(18-9-16(20,10-18)14-3-4-14)12-2-1-11-5-6-17-8-13(11)7-12/h1-2,7,14,17,20H,3-6,8-10H2. The van der Waals surface area contributed by atoms with Crippen LogP contribution in [0.5, 0.6) is 0 Å². The fourth-order valence-electron chi connectivity index (χ4n) is 3.43. The van der Waals surface area contributed by atoms with E-state index in [9.17, 15) is 9.90 Å². The predicted molar refractivity (Wildman–Crippen MR) is 75.4 cm³/mol. The van der Waals surface area contributed by atoms with E-state index in [1.165, 1.54) is 11.1 Å². The summed E-state index contributed by atoms with van der Waals surface area (Å²) in [5, 5.41) is 13.6. The number of hydrogen-bond acceptors (Lipinski definition) is 3. The fraction of sp³-hybridized carbons (Fsp3) is 0.562. The van der Waals surface area contributed by atoms with E-state index in [-0.39, 0.29) is 5.91 Å². The summed E-state index contributed by atoms with van der Waals surface area (Å²) in [6.07, 6.45) is 3.26. The minimum absolute atomic E-state index is 0.0590. The summed E-state index contributed by atoms with van der Waals surface area (Å²) in [7, 11) is 0. The number of likely N-dealkylation sites (tertiary alicyclic amines) is 1. The highest BCUT2D eigenvalue weighted by molar-refractivity contribution is 5.95. The van der Waals surface area contributed by atoms with Crippen LogP contribution in [0.2, 0.25) is 0 Å². The molecule has 2 aliphatic heterocycles. The number of carbonyl (C=O) groups excluding carboxylic acids is 1. The van der Waals surface area contributed by atoms with Crippen LogP contribution in [0.25, 0.3) is 0 Å². The highest BCUT2D eigenvalue weighted by Gasteiger charge is 2.53. The summed E-state index contributed by atoms with van der Waals surface area (Å²) in [6, 6.07) is 6.02. The number of benzene rings is 1. The van der Waals surface area contributed by atoms with Crippen LogP contribution in [-0.4, -0.2) is 41.1 Å². The van der Waals surface area contributed by atoms with Crippen molar-refractivity contribution in [3.05, 3.63) is 34.9 Å². The number of nitrogens with one attached hydrogen (secondary N) is 1. The molecule has 4 heteroatoms. The summed E-state index contributed by atoms with van der Waals surface area (Å²) >= 11 is 0. The maximum absolute atomic E-state index is 12.4. The van der Waals surface area contributed by atoms with E-state index in [0.717, 1.165) is 37.9 Å². The molecule has 1 saturated heterocycles. The van der Waals surface area contributed by atoms with Crippen LogP contribution in [0.4, 0.5) is 0 Å². The van der Waals surface area contributed by atoms with Gasteiger partial charge in [0.25, 0.3) is 5.91 Å². The molecule has 4 nitrogen and oxygen atoms in total. The van der Waals surface area contributed by atoms with Crippen molar-refractivity contribution in [3.63, 3.8) is 0 Å². The molecule has 0 bridgehead atoms. The third-order valence-corrected chi connectivity index (χ3v) is 4.89. The lowest BCUT2D eigenvalue weighted by Gasteiger charge is -2.47. The van der Waals surface area contributed by atoms with E-state index >= 15 is 0 Å². The van der Waals surface area contributed by atoms with E-state index in [1.807, 2.05) is 12.1 Å². The first-order valence-corrected chi connectivity index (χ1v) is 7.50. The summed E-state index contributed by atoms with van der Waals surface area (Å²) in [6.45, 7) is 2.88. The van der Waals surface area contributed by atoms with Crippen LogP contribution in [0.1, 0.15) is 34.3 Å². The van der Waals surface area contributed by atoms with Gasteiger partial charge in [-0.1, -0.05) is 6.07 Å². The van der Waals surface area contributed by atoms with Gasteiger partial charge in [-0.05, 0) is 55.0 Å². The van der Waals surface area contributed by atoms with Gasteiger partial charge in [0.1, 0.15) is 5.60 Å².